The first-order valence-corrected chi connectivity index (χ1v) is 13.3. The van der Waals surface area contributed by atoms with E-state index in [4.69, 9.17) is 0 Å². The Hall–Kier alpha value is -0.860. The Bertz CT molecular complexity index is 832. The first-order chi connectivity index (χ1) is 14.9. The van der Waals surface area contributed by atoms with Gasteiger partial charge in [-0.05, 0) is 109 Å². The number of hydrogen-bond donors (Lipinski definition) is 2. The van der Waals surface area contributed by atoms with Crippen LogP contribution in [0.3, 0.4) is 0 Å². The van der Waals surface area contributed by atoms with Crippen LogP contribution >= 0.6 is 0 Å². The molecule has 0 radical (unpaired) electrons. The molecule has 2 saturated carbocycles. The van der Waals surface area contributed by atoms with Gasteiger partial charge < -0.3 is 10.2 Å². The highest BCUT2D eigenvalue weighted by Gasteiger charge is 2.62. The van der Waals surface area contributed by atoms with Crippen LogP contribution < -0.4 is 0 Å². The first kappa shape index (κ1) is 24.3. The molecule has 2 nitrogen and oxygen atoms in total. The minimum atomic E-state index is -0.180. The Morgan fingerprint density at radius 1 is 1.09 bits per heavy atom. The van der Waals surface area contributed by atoms with Crippen LogP contribution in [0.1, 0.15) is 99.8 Å². The lowest BCUT2D eigenvalue weighted by molar-refractivity contribution is -0.0851. The van der Waals surface area contributed by atoms with Gasteiger partial charge in [-0.2, -0.15) is 0 Å². The zero-order chi connectivity index (χ0) is 23.5. The van der Waals surface area contributed by atoms with Crippen LogP contribution in [0, 0.1) is 39.4 Å². The van der Waals surface area contributed by atoms with Crippen LogP contribution in [-0.2, 0) is 0 Å². The zero-order valence-corrected chi connectivity index (χ0v) is 21.8. The van der Waals surface area contributed by atoms with E-state index in [-0.39, 0.29) is 29.0 Å². The second kappa shape index (κ2) is 8.12. The summed E-state index contributed by atoms with van der Waals surface area (Å²) in [6, 6.07) is 0. The molecule has 4 rings (SSSR count). The van der Waals surface area contributed by atoms with Gasteiger partial charge in [0, 0.05) is 0 Å². The fourth-order valence-corrected chi connectivity index (χ4v) is 8.80. The van der Waals surface area contributed by atoms with Crippen molar-refractivity contribution in [3.8, 4) is 0 Å². The molecule has 2 N–H and O–H groups in total. The van der Waals surface area contributed by atoms with E-state index in [9.17, 15) is 10.2 Å². The molecule has 7 atom stereocenters. The molecular weight excluding hydrogens is 392 g/mol. The molecule has 180 valence electrons. The van der Waals surface area contributed by atoms with Crippen molar-refractivity contribution in [2.24, 2.45) is 39.4 Å². The highest BCUT2D eigenvalue weighted by atomic mass is 16.3. The van der Waals surface area contributed by atoms with E-state index in [2.05, 4.69) is 59.8 Å². The van der Waals surface area contributed by atoms with Gasteiger partial charge in [-0.3, -0.25) is 0 Å². The fourth-order valence-electron chi connectivity index (χ4n) is 8.80. The summed E-state index contributed by atoms with van der Waals surface area (Å²) in [6.07, 6.45) is 16.6. The third-order valence-electron chi connectivity index (χ3n) is 11.3. The Morgan fingerprint density at radius 2 is 1.81 bits per heavy atom. The number of aliphatic hydroxyl groups excluding tert-OH is 2. The molecule has 4 aliphatic rings. The maximum atomic E-state index is 10.8. The topological polar surface area (TPSA) is 40.5 Å². The molecule has 2 heteroatoms. The van der Waals surface area contributed by atoms with Crippen molar-refractivity contribution in [3.05, 3.63) is 34.9 Å². The third kappa shape index (κ3) is 3.34. The molecule has 4 aliphatic carbocycles. The van der Waals surface area contributed by atoms with Crippen molar-refractivity contribution in [3.63, 3.8) is 0 Å². The number of rotatable bonds is 5. The van der Waals surface area contributed by atoms with E-state index in [0.29, 0.717) is 17.3 Å². The Balaban J connectivity index is 1.63. The van der Waals surface area contributed by atoms with Gasteiger partial charge in [0.2, 0.25) is 0 Å². The highest BCUT2D eigenvalue weighted by molar-refractivity contribution is 5.49. The number of allylic oxidation sites excluding steroid dienone is 5. The molecule has 2 fully saturated rings. The number of hydrogen-bond acceptors (Lipinski definition) is 2. The number of fused-ring (bicyclic) bond motifs is 5. The van der Waals surface area contributed by atoms with Crippen LogP contribution in [0.4, 0.5) is 0 Å². The molecule has 0 aliphatic heterocycles. The minimum absolute atomic E-state index is 0.0233. The summed E-state index contributed by atoms with van der Waals surface area (Å²) in [6.45, 7) is 17.0. The van der Waals surface area contributed by atoms with E-state index in [0.717, 1.165) is 37.2 Å². The van der Waals surface area contributed by atoms with Crippen molar-refractivity contribution in [1.29, 1.82) is 0 Å². The summed E-state index contributed by atoms with van der Waals surface area (Å²) < 4.78 is 0. The van der Waals surface area contributed by atoms with Crippen LogP contribution in [-0.4, -0.2) is 22.9 Å². The van der Waals surface area contributed by atoms with E-state index in [1.54, 1.807) is 11.1 Å². The highest BCUT2D eigenvalue weighted by Crippen LogP contribution is 2.71. The van der Waals surface area contributed by atoms with E-state index >= 15 is 0 Å². The second-order valence-electron chi connectivity index (χ2n) is 13.2. The van der Waals surface area contributed by atoms with Crippen molar-refractivity contribution >= 4 is 0 Å². The second-order valence-corrected chi connectivity index (χ2v) is 13.2. The Morgan fingerprint density at radius 3 is 2.50 bits per heavy atom. The van der Waals surface area contributed by atoms with Gasteiger partial charge >= 0.3 is 0 Å². The third-order valence-corrected chi connectivity index (χ3v) is 11.3. The molecule has 0 aromatic heterocycles. The summed E-state index contributed by atoms with van der Waals surface area (Å²) in [5.41, 5.74) is 5.18. The summed E-state index contributed by atoms with van der Waals surface area (Å²) in [5.74, 6) is 1.99. The van der Waals surface area contributed by atoms with Crippen LogP contribution in [0.25, 0.3) is 0 Å². The molecule has 0 aromatic rings. The average Bonchev–Trinajstić information content (AvgIpc) is 3.02. The summed E-state index contributed by atoms with van der Waals surface area (Å²) in [5, 5.41) is 20.1. The molecule has 32 heavy (non-hydrogen) atoms. The Kier molecular flexibility index (Phi) is 6.16. The number of aliphatic hydroxyl groups is 2. The molecular formula is C30H48O2. The normalized spacial score (nSPS) is 44.2. The average molecular weight is 441 g/mol. The first-order valence-electron chi connectivity index (χ1n) is 13.3. The van der Waals surface area contributed by atoms with Crippen molar-refractivity contribution < 1.29 is 10.2 Å². The maximum absolute atomic E-state index is 10.8. The van der Waals surface area contributed by atoms with Gasteiger partial charge in [-0.25, -0.2) is 0 Å². The quantitative estimate of drug-likeness (QED) is 0.443. The van der Waals surface area contributed by atoms with Crippen LogP contribution in [0.5, 0.6) is 0 Å². The van der Waals surface area contributed by atoms with Gasteiger partial charge in [-0.1, -0.05) is 65.3 Å². The standard InChI is InChI=1S/C30H48O2/c1-20(19-31)9-8-10-21(2)22-13-17-30(7)24-11-12-25-27(3,4)26(32)15-16-28(25,5)23(24)14-18-29(22,30)6/h9,11,14,21-22,25-26,31-32H,8,10,12-13,15-19H2,1-7H3/b20-9+/t21-,22-,25?,26+,28-,29-,30+/m1/s1. The van der Waals surface area contributed by atoms with Gasteiger partial charge in [0.1, 0.15) is 0 Å². The Labute approximate surface area is 197 Å². The van der Waals surface area contributed by atoms with Crippen molar-refractivity contribution in [1.82, 2.24) is 0 Å². The zero-order valence-electron chi connectivity index (χ0n) is 21.8. The summed E-state index contributed by atoms with van der Waals surface area (Å²) >= 11 is 0. The molecule has 0 amide bonds. The predicted octanol–water partition coefficient (Wildman–Crippen LogP) is 7.23. The largest absolute Gasteiger partial charge is 0.393 e. The fraction of sp³-hybridized carbons (Fsp3) is 0.800. The van der Waals surface area contributed by atoms with Gasteiger partial charge in [-0.15, -0.1) is 0 Å². The van der Waals surface area contributed by atoms with Gasteiger partial charge in [0.05, 0.1) is 12.7 Å². The van der Waals surface area contributed by atoms with Crippen LogP contribution in [0.2, 0.25) is 0 Å². The maximum Gasteiger partial charge on any atom is 0.0639 e. The smallest absolute Gasteiger partial charge is 0.0639 e. The lowest BCUT2D eigenvalue weighted by atomic mass is 9.44. The molecule has 0 bridgehead atoms. The van der Waals surface area contributed by atoms with Crippen LogP contribution in [0.15, 0.2) is 34.9 Å². The molecule has 0 heterocycles. The SMILES string of the molecule is C/C(=C\CC[C@@H](C)[C@H]1CC[C@@]2(C)C3=CCC4C(C)(C)[C@@H](O)CC[C@]4(C)C3=CC[C@]12C)CO. The minimum Gasteiger partial charge on any atom is -0.393 e. The summed E-state index contributed by atoms with van der Waals surface area (Å²) in [7, 11) is 0. The monoisotopic (exact) mass is 440 g/mol. The van der Waals surface area contributed by atoms with Crippen molar-refractivity contribution in [2.45, 2.75) is 106 Å². The van der Waals surface area contributed by atoms with Gasteiger partial charge in [0.25, 0.3) is 0 Å². The van der Waals surface area contributed by atoms with Crippen molar-refractivity contribution in [2.75, 3.05) is 6.61 Å². The van der Waals surface area contributed by atoms with E-state index in [1.807, 2.05) is 6.92 Å². The van der Waals surface area contributed by atoms with E-state index < -0.39 is 0 Å². The molecule has 0 saturated heterocycles. The summed E-state index contributed by atoms with van der Waals surface area (Å²) in [4.78, 5) is 0. The van der Waals surface area contributed by atoms with E-state index in [1.165, 1.54) is 25.7 Å². The van der Waals surface area contributed by atoms with Gasteiger partial charge in [0.15, 0.2) is 0 Å². The molecule has 0 spiro atoms. The lowest BCUT2D eigenvalue weighted by Crippen LogP contribution is -2.54. The molecule has 1 unspecified atom stereocenters. The molecule has 0 aromatic carbocycles. The predicted molar refractivity (Wildman–Crippen MR) is 134 cm³/mol. The lowest BCUT2D eigenvalue weighted by Gasteiger charge is -2.61.